The first-order chi connectivity index (χ1) is 12.8. The SMILES string of the molecule is COc1ccc(-c2ncc(CNCc3n[nH]c4c3CCCC4)cn2)cc1. The number of nitrogens with one attached hydrogen (secondary N) is 2. The van der Waals surface area contributed by atoms with Gasteiger partial charge in [0.15, 0.2) is 5.82 Å². The summed E-state index contributed by atoms with van der Waals surface area (Å²) in [5.74, 6) is 1.55. The first-order valence-corrected chi connectivity index (χ1v) is 9.04. The quantitative estimate of drug-likeness (QED) is 0.715. The van der Waals surface area contributed by atoms with E-state index in [-0.39, 0.29) is 0 Å². The maximum atomic E-state index is 5.18. The predicted octanol–water partition coefficient (Wildman–Crippen LogP) is 3.04. The standard InChI is InChI=1S/C20H23N5O/c1-26-16-8-6-15(7-9-16)20-22-11-14(12-23-20)10-21-13-19-17-4-2-3-5-18(17)24-25-19/h6-9,11-12,21H,2-5,10,13H2,1H3,(H,24,25). The molecule has 0 radical (unpaired) electrons. The van der Waals surface area contributed by atoms with E-state index >= 15 is 0 Å². The van der Waals surface area contributed by atoms with E-state index in [4.69, 9.17) is 4.74 Å². The molecule has 1 aliphatic rings. The largest absolute Gasteiger partial charge is 0.497 e. The lowest BCUT2D eigenvalue weighted by Crippen LogP contribution is -2.15. The van der Waals surface area contributed by atoms with Gasteiger partial charge in [0.25, 0.3) is 0 Å². The molecule has 0 fully saturated rings. The Hall–Kier alpha value is -2.73. The Morgan fingerprint density at radius 1 is 1.04 bits per heavy atom. The fourth-order valence-corrected chi connectivity index (χ4v) is 3.36. The normalized spacial score (nSPS) is 13.4. The molecule has 2 N–H and O–H groups in total. The highest BCUT2D eigenvalue weighted by Gasteiger charge is 2.16. The minimum absolute atomic E-state index is 0.720. The molecule has 0 atom stereocenters. The fourth-order valence-electron chi connectivity index (χ4n) is 3.36. The molecule has 6 heteroatoms. The number of hydrogen-bond donors (Lipinski definition) is 2. The Balaban J connectivity index is 1.35. The number of aryl methyl sites for hydroxylation is 1. The highest BCUT2D eigenvalue weighted by molar-refractivity contribution is 5.55. The molecule has 0 bridgehead atoms. The van der Waals surface area contributed by atoms with Crippen molar-refractivity contribution in [3.05, 3.63) is 59.2 Å². The topological polar surface area (TPSA) is 75.7 Å². The first-order valence-electron chi connectivity index (χ1n) is 9.04. The Morgan fingerprint density at radius 2 is 1.81 bits per heavy atom. The third-order valence-corrected chi connectivity index (χ3v) is 4.82. The molecule has 0 aliphatic heterocycles. The molecule has 3 aromatic rings. The predicted molar refractivity (Wildman–Crippen MR) is 99.8 cm³/mol. The molecule has 0 amide bonds. The Labute approximate surface area is 153 Å². The van der Waals surface area contributed by atoms with Gasteiger partial charge in [-0.05, 0) is 55.5 Å². The van der Waals surface area contributed by atoms with Crippen LogP contribution in [-0.2, 0) is 25.9 Å². The van der Waals surface area contributed by atoms with Gasteiger partial charge in [0.2, 0.25) is 0 Å². The highest BCUT2D eigenvalue weighted by Crippen LogP contribution is 2.22. The van der Waals surface area contributed by atoms with Gasteiger partial charge in [-0.2, -0.15) is 5.10 Å². The molecule has 2 aromatic heterocycles. The van der Waals surface area contributed by atoms with Crippen LogP contribution < -0.4 is 10.1 Å². The summed E-state index contributed by atoms with van der Waals surface area (Å²) in [6.45, 7) is 1.50. The van der Waals surface area contributed by atoms with Crippen molar-refractivity contribution >= 4 is 0 Å². The van der Waals surface area contributed by atoms with Gasteiger partial charge in [0, 0.05) is 42.3 Å². The van der Waals surface area contributed by atoms with Crippen molar-refractivity contribution < 1.29 is 4.74 Å². The zero-order valence-corrected chi connectivity index (χ0v) is 15.0. The van der Waals surface area contributed by atoms with Crippen LogP contribution in [0.5, 0.6) is 5.75 Å². The van der Waals surface area contributed by atoms with Gasteiger partial charge in [0.1, 0.15) is 5.75 Å². The average Bonchev–Trinajstić information content (AvgIpc) is 3.12. The number of ether oxygens (including phenoxy) is 1. The highest BCUT2D eigenvalue weighted by atomic mass is 16.5. The maximum Gasteiger partial charge on any atom is 0.159 e. The van der Waals surface area contributed by atoms with E-state index < -0.39 is 0 Å². The number of rotatable bonds is 6. The van der Waals surface area contributed by atoms with Crippen molar-refractivity contribution in [3.8, 4) is 17.1 Å². The van der Waals surface area contributed by atoms with Crippen LogP contribution in [0.25, 0.3) is 11.4 Å². The molecular formula is C20H23N5O. The maximum absolute atomic E-state index is 5.18. The van der Waals surface area contributed by atoms with Crippen molar-refractivity contribution in [1.29, 1.82) is 0 Å². The zero-order chi connectivity index (χ0) is 17.8. The van der Waals surface area contributed by atoms with E-state index in [9.17, 15) is 0 Å². The monoisotopic (exact) mass is 349 g/mol. The number of aromatic amines is 1. The van der Waals surface area contributed by atoms with Gasteiger partial charge in [-0.1, -0.05) is 0 Å². The van der Waals surface area contributed by atoms with Crippen molar-refractivity contribution in [3.63, 3.8) is 0 Å². The van der Waals surface area contributed by atoms with Crippen LogP contribution in [0.3, 0.4) is 0 Å². The number of benzene rings is 1. The molecule has 0 unspecified atom stereocenters. The van der Waals surface area contributed by atoms with Gasteiger partial charge in [-0.15, -0.1) is 0 Å². The smallest absolute Gasteiger partial charge is 0.159 e. The van der Waals surface area contributed by atoms with Crippen LogP contribution in [0.2, 0.25) is 0 Å². The molecule has 0 spiro atoms. The van der Waals surface area contributed by atoms with E-state index in [1.807, 2.05) is 36.7 Å². The van der Waals surface area contributed by atoms with E-state index in [0.717, 1.165) is 54.3 Å². The molecule has 134 valence electrons. The Morgan fingerprint density at radius 3 is 2.58 bits per heavy atom. The summed E-state index contributed by atoms with van der Waals surface area (Å²) in [4.78, 5) is 8.95. The van der Waals surface area contributed by atoms with Crippen LogP contribution in [-0.4, -0.2) is 27.3 Å². The third-order valence-electron chi connectivity index (χ3n) is 4.82. The second-order valence-corrected chi connectivity index (χ2v) is 6.58. The van der Waals surface area contributed by atoms with E-state index in [2.05, 4.69) is 25.5 Å². The van der Waals surface area contributed by atoms with Gasteiger partial charge < -0.3 is 10.1 Å². The minimum atomic E-state index is 0.720. The number of H-pyrrole nitrogens is 1. The van der Waals surface area contributed by atoms with Crippen molar-refractivity contribution in [2.75, 3.05) is 7.11 Å². The van der Waals surface area contributed by atoms with Crippen LogP contribution in [0.15, 0.2) is 36.7 Å². The first kappa shape index (κ1) is 16.7. The van der Waals surface area contributed by atoms with Crippen LogP contribution in [0.4, 0.5) is 0 Å². The molecule has 0 saturated carbocycles. The second-order valence-electron chi connectivity index (χ2n) is 6.58. The third kappa shape index (κ3) is 3.60. The van der Waals surface area contributed by atoms with E-state index in [1.165, 1.54) is 24.1 Å². The van der Waals surface area contributed by atoms with Crippen molar-refractivity contribution in [2.24, 2.45) is 0 Å². The van der Waals surface area contributed by atoms with E-state index in [0.29, 0.717) is 0 Å². The molecule has 1 aromatic carbocycles. The van der Waals surface area contributed by atoms with E-state index in [1.54, 1.807) is 7.11 Å². The Bertz CT molecular complexity index is 855. The van der Waals surface area contributed by atoms with Gasteiger partial charge in [-0.25, -0.2) is 9.97 Å². The lowest BCUT2D eigenvalue weighted by Gasteiger charge is -2.11. The molecule has 4 rings (SSSR count). The summed E-state index contributed by atoms with van der Waals surface area (Å²) >= 11 is 0. The summed E-state index contributed by atoms with van der Waals surface area (Å²) < 4.78 is 5.18. The molecule has 6 nitrogen and oxygen atoms in total. The summed E-state index contributed by atoms with van der Waals surface area (Å²) in [7, 11) is 1.66. The fraction of sp³-hybridized carbons (Fsp3) is 0.350. The van der Waals surface area contributed by atoms with Gasteiger partial charge >= 0.3 is 0 Å². The van der Waals surface area contributed by atoms with Crippen LogP contribution in [0.1, 0.15) is 35.4 Å². The Kier molecular flexibility index (Phi) is 4.93. The summed E-state index contributed by atoms with van der Waals surface area (Å²) in [6, 6.07) is 7.76. The lowest BCUT2D eigenvalue weighted by atomic mass is 9.96. The summed E-state index contributed by atoms with van der Waals surface area (Å²) in [5.41, 5.74) is 5.92. The van der Waals surface area contributed by atoms with Crippen LogP contribution >= 0.6 is 0 Å². The summed E-state index contributed by atoms with van der Waals surface area (Å²) in [5, 5.41) is 11.1. The van der Waals surface area contributed by atoms with Crippen molar-refractivity contribution in [2.45, 2.75) is 38.8 Å². The summed E-state index contributed by atoms with van der Waals surface area (Å²) in [6.07, 6.45) is 8.55. The number of methoxy groups -OCH3 is 1. The molecule has 2 heterocycles. The second kappa shape index (κ2) is 7.66. The van der Waals surface area contributed by atoms with Gasteiger partial charge in [0.05, 0.1) is 12.8 Å². The van der Waals surface area contributed by atoms with Gasteiger partial charge in [-0.3, -0.25) is 5.10 Å². The minimum Gasteiger partial charge on any atom is -0.497 e. The number of aromatic nitrogens is 4. The lowest BCUT2D eigenvalue weighted by molar-refractivity contribution is 0.415. The number of nitrogens with zero attached hydrogens (tertiary/aromatic N) is 3. The average molecular weight is 349 g/mol. The zero-order valence-electron chi connectivity index (χ0n) is 15.0. The molecule has 0 saturated heterocycles. The van der Waals surface area contributed by atoms with Crippen molar-refractivity contribution in [1.82, 2.24) is 25.5 Å². The number of fused-ring (bicyclic) bond motifs is 1. The molecule has 26 heavy (non-hydrogen) atoms. The van der Waals surface area contributed by atoms with Crippen LogP contribution in [0, 0.1) is 0 Å². The molecular weight excluding hydrogens is 326 g/mol. The number of hydrogen-bond acceptors (Lipinski definition) is 5. The molecule has 1 aliphatic carbocycles.